The van der Waals surface area contributed by atoms with E-state index in [2.05, 4.69) is 4.98 Å². The van der Waals surface area contributed by atoms with Crippen LogP contribution in [0, 0.1) is 0 Å². The summed E-state index contributed by atoms with van der Waals surface area (Å²) in [6.07, 6.45) is 3.09. The van der Waals surface area contributed by atoms with Gasteiger partial charge in [-0.25, -0.2) is 13.4 Å². The molecule has 0 bridgehead atoms. The lowest BCUT2D eigenvalue weighted by atomic mass is 9.90. The van der Waals surface area contributed by atoms with Gasteiger partial charge >= 0.3 is 5.97 Å². The van der Waals surface area contributed by atoms with Crippen LogP contribution in [0.15, 0.2) is 47.5 Å². The molecule has 10 heteroatoms. The molecule has 4 rings (SSSR count). The Bertz CT molecular complexity index is 1260. The van der Waals surface area contributed by atoms with Gasteiger partial charge in [-0.3, -0.25) is 4.79 Å². The summed E-state index contributed by atoms with van der Waals surface area (Å²) < 4.78 is 35.0. The van der Waals surface area contributed by atoms with Crippen LogP contribution in [0.3, 0.4) is 0 Å². The highest BCUT2D eigenvalue weighted by molar-refractivity contribution is 7.89. The van der Waals surface area contributed by atoms with Gasteiger partial charge in [-0.05, 0) is 74.6 Å². The molecule has 0 saturated carbocycles. The number of ether oxygens (including phenoxy) is 1. The number of hydrogen-bond acceptors (Lipinski definition) is 6. The molecule has 0 unspecified atom stereocenters. The first-order valence-electron chi connectivity index (χ1n) is 10.9. The molecule has 176 valence electrons. The Balaban J connectivity index is 1.52. The largest absolute Gasteiger partial charge is 0.491 e. The quantitative estimate of drug-likeness (QED) is 0.541. The van der Waals surface area contributed by atoms with Gasteiger partial charge in [0.2, 0.25) is 10.0 Å². The zero-order chi connectivity index (χ0) is 23.8. The van der Waals surface area contributed by atoms with Crippen LogP contribution in [0.4, 0.5) is 5.82 Å². The fourth-order valence-electron chi connectivity index (χ4n) is 4.32. The van der Waals surface area contributed by atoms with E-state index in [4.69, 9.17) is 10.5 Å². The number of anilines is 1. The van der Waals surface area contributed by atoms with E-state index in [9.17, 15) is 18.3 Å². The van der Waals surface area contributed by atoms with Gasteiger partial charge in [-0.1, -0.05) is 0 Å². The van der Waals surface area contributed by atoms with Crippen LogP contribution in [-0.4, -0.2) is 52.5 Å². The van der Waals surface area contributed by atoms with Gasteiger partial charge in [-0.15, -0.1) is 0 Å². The molecule has 33 heavy (non-hydrogen) atoms. The highest BCUT2D eigenvalue weighted by atomic mass is 32.2. The van der Waals surface area contributed by atoms with Crippen molar-refractivity contribution in [2.45, 2.75) is 50.2 Å². The van der Waals surface area contributed by atoms with Crippen molar-refractivity contribution < 1.29 is 23.1 Å². The van der Waals surface area contributed by atoms with Gasteiger partial charge < -0.3 is 20.1 Å². The monoisotopic (exact) mass is 472 g/mol. The summed E-state index contributed by atoms with van der Waals surface area (Å²) in [6, 6.07) is 10.1. The second-order valence-electron chi connectivity index (χ2n) is 8.53. The number of carboxylic acids is 1. The maximum atomic E-state index is 13.1. The third kappa shape index (κ3) is 4.81. The summed E-state index contributed by atoms with van der Waals surface area (Å²) in [5.74, 6) is 0.0915. The molecule has 1 saturated heterocycles. The molecule has 1 aliphatic heterocycles. The molecular weight excluding hydrogens is 444 g/mol. The van der Waals surface area contributed by atoms with Crippen molar-refractivity contribution in [3.8, 4) is 5.75 Å². The van der Waals surface area contributed by atoms with Crippen LogP contribution in [0.25, 0.3) is 11.0 Å². The maximum absolute atomic E-state index is 13.1. The zero-order valence-electron chi connectivity index (χ0n) is 18.6. The number of aromatic nitrogens is 2. The Morgan fingerprint density at radius 1 is 1.18 bits per heavy atom. The third-order valence-electron chi connectivity index (χ3n) is 5.81. The Labute approximate surface area is 192 Å². The third-order valence-corrected chi connectivity index (χ3v) is 7.72. The van der Waals surface area contributed by atoms with E-state index in [-0.39, 0.29) is 23.5 Å². The molecule has 0 spiro atoms. The Morgan fingerprint density at radius 2 is 1.85 bits per heavy atom. The zero-order valence-corrected chi connectivity index (χ0v) is 19.5. The average Bonchev–Trinajstić information content (AvgIpc) is 3.10. The Morgan fingerprint density at radius 3 is 2.45 bits per heavy atom. The van der Waals surface area contributed by atoms with Crippen LogP contribution in [-0.2, 0) is 21.4 Å². The van der Waals surface area contributed by atoms with Crippen molar-refractivity contribution in [2.24, 2.45) is 0 Å². The SMILES string of the molecule is CC(C)Oc1ccc(S(=O)(=O)N2CCC(c3cn(CC(=O)O)c4nc(N)ccc34)CC2)cc1. The number of fused-ring (bicyclic) bond motifs is 1. The first-order chi connectivity index (χ1) is 15.6. The molecule has 9 nitrogen and oxygen atoms in total. The topological polar surface area (TPSA) is 128 Å². The number of aliphatic carboxylic acids is 1. The number of carboxylic acid groups (broad SMARTS) is 1. The van der Waals surface area contributed by atoms with Gasteiger partial charge in [0.25, 0.3) is 0 Å². The fourth-order valence-corrected chi connectivity index (χ4v) is 5.79. The lowest BCUT2D eigenvalue weighted by Crippen LogP contribution is -2.37. The summed E-state index contributed by atoms with van der Waals surface area (Å²) >= 11 is 0. The standard InChI is InChI=1S/C23H28N4O5S/c1-15(2)32-17-3-5-18(6-4-17)33(30,31)27-11-9-16(10-12-27)20-13-26(14-22(28)29)23-19(20)7-8-21(24)25-23/h3-8,13,15-16H,9-12,14H2,1-2H3,(H2,24,25)(H,28,29). The van der Waals surface area contributed by atoms with Crippen molar-refractivity contribution in [3.05, 3.63) is 48.2 Å². The minimum atomic E-state index is -3.61. The van der Waals surface area contributed by atoms with E-state index >= 15 is 0 Å². The predicted molar refractivity (Wildman–Crippen MR) is 125 cm³/mol. The second kappa shape index (κ2) is 9.03. The van der Waals surface area contributed by atoms with Gasteiger partial charge in [0.1, 0.15) is 23.8 Å². The second-order valence-corrected chi connectivity index (χ2v) is 10.5. The lowest BCUT2D eigenvalue weighted by molar-refractivity contribution is -0.137. The summed E-state index contributed by atoms with van der Waals surface area (Å²) in [7, 11) is -3.61. The normalized spacial score (nSPS) is 15.8. The number of hydrogen-bond donors (Lipinski definition) is 2. The van der Waals surface area contributed by atoms with E-state index in [0.717, 1.165) is 10.9 Å². The number of nitrogen functional groups attached to an aromatic ring is 1. The van der Waals surface area contributed by atoms with Crippen LogP contribution < -0.4 is 10.5 Å². The number of benzene rings is 1. The number of pyridine rings is 1. The van der Waals surface area contributed by atoms with Crippen molar-refractivity contribution in [3.63, 3.8) is 0 Å². The van der Waals surface area contributed by atoms with Gasteiger partial charge in [0.15, 0.2) is 0 Å². The van der Waals surface area contributed by atoms with Crippen molar-refractivity contribution in [2.75, 3.05) is 18.8 Å². The highest BCUT2D eigenvalue weighted by Gasteiger charge is 2.31. The molecule has 0 amide bonds. The number of piperidine rings is 1. The first kappa shape index (κ1) is 23.1. The van der Waals surface area contributed by atoms with E-state index in [1.165, 1.54) is 4.31 Å². The smallest absolute Gasteiger partial charge is 0.323 e. The summed E-state index contributed by atoms with van der Waals surface area (Å²) in [5.41, 5.74) is 7.32. The van der Waals surface area contributed by atoms with Gasteiger partial charge in [0, 0.05) is 24.7 Å². The maximum Gasteiger partial charge on any atom is 0.323 e. The van der Waals surface area contributed by atoms with Crippen molar-refractivity contribution >= 4 is 32.8 Å². The number of sulfonamides is 1. The summed E-state index contributed by atoms with van der Waals surface area (Å²) in [6.45, 7) is 4.38. The van der Waals surface area contributed by atoms with Crippen LogP contribution in [0.2, 0.25) is 0 Å². The molecule has 3 N–H and O–H groups in total. The van der Waals surface area contributed by atoms with Crippen LogP contribution >= 0.6 is 0 Å². The van der Waals surface area contributed by atoms with Crippen LogP contribution in [0.1, 0.15) is 38.2 Å². The van der Waals surface area contributed by atoms with Gasteiger partial charge in [0.05, 0.1) is 11.0 Å². The number of rotatable bonds is 7. The Hall–Kier alpha value is -3.11. The molecule has 0 atom stereocenters. The molecule has 3 aromatic rings. The van der Waals surface area contributed by atoms with E-state index in [0.29, 0.717) is 43.1 Å². The average molecular weight is 473 g/mol. The molecule has 1 aromatic carbocycles. The molecule has 2 aromatic heterocycles. The number of nitrogens with zero attached hydrogens (tertiary/aromatic N) is 3. The van der Waals surface area contributed by atoms with Crippen LogP contribution in [0.5, 0.6) is 5.75 Å². The lowest BCUT2D eigenvalue weighted by Gasteiger charge is -2.31. The predicted octanol–water partition coefficient (Wildman–Crippen LogP) is 3.06. The minimum absolute atomic E-state index is 0.0135. The Kier molecular flexibility index (Phi) is 6.31. The fraction of sp³-hybridized carbons (Fsp3) is 0.391. The van der Waals surface area contributed by atoms with E-state index < -0.39 is 16.0 Å². The first-order valence-corrected chi connectivity index (χ1v) is 12.3. The summed E-state index contributed by atoms with van der Waals surface area (Å²) in [4.78, 5) is 15.9. The van der Waals surface area contributed by atoms with Crippen molar-refractivity contribution in [1.29, 1.82) is 0 Å². The van der Waals surface area contributed by atoms with Crippen molar-refractivity contribution in [1.82, 2.24) is 13.9 Å². The summed E-state index contributed by atoms with van der Waals surface area (Å²) in [5, 5.41) is 10.1. The molecule has 1 fully saturated rings. The minimum Gasteiger partial charge on any atom is -0.491 e. The van der Waals surface area contributed by atoms with E-state index in [1.807, 2.05) is 26.1 Å². The molecule has 0 aliphatic carbocycles. The molecule has 3 heterocycles. The van der Waals surface area contributed by atoms with E-state index in [1.54, 1.807) is 34.9 Å². The molecule has 1 aliphatic rings. The molecular formula is C23H28N4O5S. The highest BCUT2D eigenvalue weighted by Crippen LogP contribution is 2.36. The van der Waals surface area contributed by atoms with Gasteiger partial charge in [-0.2, -0.15) is 4.31 Å². The number of nitrogens with two attached hydrogens (primary N) is 1. The molecule has 0 radical (unpaired) electrons. The number of carbonyl (C=O) groups is 1.